The van der Waals surface area contributed by atoms with Crippen molar-refractivity contribution in [2.75, 3.05) is 27.2 Å². The van der Waals surface area contributed by atoms with E-state index in [1.165, 1.54) is 19.2 Å². The predicted octanol–water partition coefficient (Wildman–Crippen LogP) is 2.67. The van der Waals surface area contributed by atoms with Crippen LogP contribution in [-0.4, -0.2) is 32.1 Å². The van der Waals surface area contributed by atoms with E-state index < -0.39 is 11.7 Å². The highest BCUT2D eigenvalue weighted by Gasteiger charge is 2.36. The molecule has 0 radical (unpaired) electrons. The summed E-state index contributed by atoms with van der Waals surface area (Å²) >= 11 is 0. The lowest BCUT2D eigenvalue weighted by Gasteiger charge is -2.21. The molecule has 112 valence electrons. The molecule has 1 heterocycles. The normalized spacial score (nSPS) is 24.1. The molecule has 0 bridgehead atoms. The van der Waals surface area contributed by atoms with Crippen molar-refractivity contribution in [2.45, 2.75) is 18.6 Å². The van der Waals surface area contributed by atoms with Gasteiger partial charge in [-0.05, 0) is 43.6 Å². The molecule has 0 amide bonds. The topological polar surface area (TPSA) is 38.5 Å². The molecule has 0 aromatic heterocycles. The first-order chi connectivity index (χ1) is 9.36. The van der Waals surface area contributed by atoms with Gasteiger partial charge in [-0.3, -0.25) is 4.90 Å². The zero-order valence-corrected chi connectivity index (χ0v) is 11.6. The number of ether oxygens (including phenoxy) is 1. The van der Waals surface area contributed by atoms with Crippen LogP contribution in [0.15, 0.2) is 18.2 Å². The van der Waals surface area contributed by atoms with Crippen LogP contribution in [-0.2, 0) is 6.18 Å². The molecule has 1 aliphatic rings. The zero-order chi connectivity index (χ0) is 14.9. The van der Waals surface area contributed by atoms with Crippen LogP contribution in [0, 0.1) is 5.92 Å². The second kappa shape index (κ2) is 5.61. The average Bonchev–Trinajstić information content (AvgIpc) is 2.78. The van der Waals surface area contributed by atoms with Crippen LogP contribution >= 0.6 is 0 Å². The first kappa shape index (κ1) is 15.1. The van der Waals surface area contributed by atoms with Gasteiger partial charge in [-0.25, -0.2) is 0 Å². The van der Waals surface area contributed by atoms with E-state index in [4.69, 9.17) is 10.5 Å². The Morgan fingerprint density at radius 2 is 2.10 bits per heavy atom. The van der Waals surface area contributed by atoms with Gasteiger partial charge in [-0.2, -0.15) is 13.2 Å². The summed E-state index contributed by atoms with van der Waals surface area (Å²) in [5, 5.41) is 0. The summed E-state index contributed by atoms with van der Waals surface area (Å²) in [5.74, 6) is 0.193. The number of rotatable bonds is 3. The number of alkyl halides is 3. The van der Waals surface area contributed by atoms with Crippen LogP contribution in [0.1, 0.15) is 23.6 Å². The zero-order valence-electron chi connectivity index (χ0n) is 11.6. The van der Waals surface area contributed by atoms with Gasteiger partial charge in [-0.1, -0.05) is 6.07 Å². The summed E-state index contributed by atoms with van der Waals surface area (Å²) < 4.78 is 43.9. The average molecular weight is 288 g/mol. The van der Waals surface area contributed by atoms with E-state index in [0.29, 0.717) is 18.0 Å². The third-order valence-corrected chi connectivity index (χ3v) is 3.88. The van der Waals surface area contributed by atoms with E-state index in [1.54, 1.807) is 6.07 Å². The van der Waals surface area contributed by atoms with Crippen molar-refractivity contribution in [1.82, 2.24) is 4.90 Å². The molecule has 1 fully saturated rings. The Bertz CT molecular complexity index is 476. The number of hydrogen-bond donors (Lipinski definition) is 1. The highest BCUT2D eigenvalue weighted by atomic mass is 19.4. The monoisotopic (exact) mass is 288 g/mol. The van der Waals surface area contributed by atoms with Gasteiger partial charge in [0.25, 0.3) is 0 Å². The lowest BCUT2D eigenvalue weighted by molar-refractivity contribution is -0.138. The van der Waals surface area contributed by atoms with Crippen LogP contribution < -0.4 is 10.5 Å². The van der Waals surface area contributed by atoms with Crippen LogP contribution in [0.5, 0.6) is 5.75 Å². The van der Waals surface area contributed by atoms with Gasteiger partial charge in [0.05, 0.1) is 12.7 Å². The molecule has 0 aliphatic carbocycles. The molecule has 1 aliphatic heterocycles. The molecular formula is C14H19F3N2O. The number of hydrogen-bond acceptors (Lipinski definition) is 3. The van der Waals surface area contributed by atoms with E-state index in [0.717, 1.165) is 13.0 Å². The molecule has 3 nitrogen and oxygen atoms in total. The molecule has 1 aromatic carbocycles. The summed E-state index contributed by atoms with van der Waals surface area (Å²) in [7, 11) is 3.16. The first-order valence-corrected chi connectivity index (χ1v) is 6.52. The molecule has 2 unspecified atom stereocenters. The third kappa shape index (κ3) is 2.91. The van der Waals surface area contributed by atoms with Crippen LogP contribution in [0.25, 0.3) is 0 Å². The molecule has 1 saturated heterocycles. The number of likely N-dealkylation sites (tertiary alicyclic amines) is 1. The van der Waals surface area contributed by atoms with E-state index in [2.05, 4.69) is 4.90 Å². The molecule has 20 heavy (non-hydrogen) atoms. The number of nitrogens with two attached hydrogens (primary N) is 1. The summed E-state index contributed by atoms with van der Waals surface area (Å²) in [4.78, 5) is 2.06. The largest absolute Gasteiger partial charge is 0.496 e. The minimum atomic E-state index is -4.41. The van der Waals surface area contributed by atoms with E-state index >= 15 is 0 Å². The van der Waals surface area contributed by atoms with Crippen molar-refractivity contribution < 1.29 is 17.9 Å². The number of benzene rings is 1. The quantitative estimate of drug-likeness (QED) is 0.929. The predicted molar refractivity (Wildman–Crippen MR) is 70.5 cm³/mol. The Hall–Kier alpha value is -1.27. The van der Waals surface area contributed by atoms with Gasteiger partial charge in [0.1, 0.15) is 5.75 Å². The standard InChI is InChI=1S/C14H19F3N2O/c1-19-8-9(7-18)5-12(19)10-3-4-13(20-2)11(6-10)14(15,16)17/h3-4,6,9,12H,5,7-8,18H2,1-2H3. The van der Waals surface area contributed by atoms with Crippen molar-refractivity contribution in [3.8, 4) is 5.75 Å². The fourth-order valence-corrected chi connectivity index (χ4v) is 2.82. The van der Waals surface area contributed by atoms with Gasteiger partial charge in [0.15, 0.2) is 0 Å². The Morgan fingerprint density at radius 1 is 1.40 bits per heavy atom. The van der Waals surface area contributed by atoms with Crippen LogP contribution in [0.4, 0.5) is 13.2 Å². The highest BCUT2D eigenvalue weighted by molar-refractivity contribution is 5.40. The molecule has 2 rings (SSSR count). The maximum atomic E-state index is 13.0. The molecule has 2 atom stereocenters. The minimum Gasteiger partial charge on any atom is -0.496 e. The van der Waals surface area contributed by atoms with Crippen molar-refractivity contribution in [3.05, 3.63) is 29.3 Å². The molecule has 6 heteroatoms. The van der Waals surface area contributed by atoms with Gasteiger partial charge in [0.2, 0.25) is 0 Å². The van der Waals surface area contributed by atoms with Crippen molar-refractivity contribution in [3.63, 3.8) is 0 Å². The molecule has 0 spiro atoms. The summed E-state index contributed by atoms with van der Waals surface area (Å²) in [6.45, 7) is 1.37. The summed E-state index contributed by atoms with van der Waals surface area (Å²) in [6.07, 6.45) is -3.62. The number of methoxy groups -OCH3 is 1. The second-order valence-corrected chi connectivity index (χ2v) is 5.25. The smallest absolute Gasteiger partial charge is 0.419 e. The van der Waals surface area contributed by atoms with Crippen LogP contribution in [0.2, 0.25) is 0 Å². The summed E-state index contributed by atoms with van der Waals surface area (Å²) in [5.41, 5.74) is 5.60. The summed E-state index contributed by atoms with van der Waals surface area (Å²) in [6, 6.07) is 4.27. The SMILES string of the molecule is COc1ccc(C2CC(CN)CN2C)cc1C(F)(F)F. The van der Waals surface area contributed by atoms with E-state index in [-0.39, 0.29) is 11.8 Å². The van der Waals surface area contributed by atoms with Gasteiger partial charge < -0.3 is 10.5 Å². The lowest BCUT2D eigenvalue weighted by Crippen LogP contribution is -2.21. The minimum absolute atomic E-state index is 0.0180. The Balaban J connectivity index is 2.34. The molecule has 2 N–H and O–H groups in total. The Labute approximate surface area is 116 Å². The Morgan fingerprint density at radius 3 is 2.60 bits per heavy atom. The second-order valence-electron chi connectivity index (χ2n) is 5.25. The number of halogens is 3. The van der Waals surface area contributed by atoms with Gasteiger partial charge in [-0.15, -0.1) is 0 Å². The first-order valence-electron chi connectivity index (χ1n) is 6.52. The van der Waals surface area contributed by atoms with Gasteiger partial charge >= 0.3 is 6.18 Å². The van der Waals surface area contributed by atoms with E-state index in [9.17, 15) is 13.2 Å². The molecule has 1 aromatic rings. The molecular weight excluding hydrogens is 269 g/mol. The maximum Gasteiger partial charge on any atom is 0.419 e. The van der Waals surface area contributed by atoms with Crippen molar-refractivity contribution in [2.24, 2.45) is 11.7 Å². The maximum absolute atomic E-state index is 13.0. The fraction of sp³-hybridized carbons (Fsp3) is 0.571. The molecule has 0 saturated carbocycles. The van der Waals surface area contributed by atoms with Crippen molar-refractivity contribution in [1.29, 1.82) is 0 Å². The number of nitrogens with zero attached hydrogens (tertiary/aromatic N) is 1. The van der Waals surface area contributed by atoms with E-state index in [1.807, 2.05) is 7.05 Å². The third-order valence-electron chi connectivity index (χ3n) is 3.88. The fourth-order valence-electron chi connectivity index (χ4n) is 2.82. The lowest BCUT2D eigenvalue weighted by atomic mass is 9.98. The van der Waals surface area contributed by atoms with Gasteiger partial charge in [0, 0.05) is 12.6 Å². The van der Waals surface area contributed by atoms with Crippen LogP contribution in [0.3, 0.4) is 0 Å². The Kier molecular flexibility index (Phi) is 4.25. The van der Waals surface area contributed by atoms with Crippen molar-refractivity contribution >= 4 is 0 Å². The highest BCUT2D eigenvalue weighted by Crippen LogP contribution is 2.40.